The highest BCUT2D eigenvalue weighted by Gasteiger charge is 2.63. The van der Waals surface area contributed by atoms with E-state index < -0.39 is 11.6 Å². The molecule has 1 aromatic rings. The molecule has 4 unspecified atom stereocenters. The van der Waals surface area contributed by atoms with Gasteiger partial charge in [0.1, 0.15) is 6.54 Å². The van der Waals surface area contributed by atoms with Gasteiger partial charge in [-0.05, 0) is 17.4 Å². The number of allylic oxidation sites excluding steroid dienone is 6. The molecule has 0 spiro atoms. The predicted octanol–water partition coefficient (Wildman–Crippen LogP) is 3.84. The first-order valence-electron chi connectivity index (χ1n) is 12.6. The van der Waals surface area contributed by atoms with E-state index in [-0.39, 0.29) is 29.8 Å². The Balaban J connectivity index is 1.20. The number of aliphatic hydroxyl groups is 1. The Morgan fingerprint density at radius 1 is 0.939 bits per heavy atom. The SMILES string of the molecule is O=C(O[C@H]1C[N+]2(CCc3ccccc3)CCC1CC2)C1(O)C2C=CC=CC2C2C=CC=CC21. The van der Waals surface area contributed by atoms with Crippen LogP contribution in [-0.2, 0) is 16.0 Å². The van der Waals surface area contributed by atoms with Gasteiger partial charge in [-0.2, -0.15) is 0 Å². The molecule has 3 aliphatic heterocycles. The average molecular weight is 445 g/mol. The molecule has 7 rings (SSSR count). The first-order valence-corrected chi connectivity index (χ1v) is 12.6. The molecule has 0 radical (unpaired) electrons. The number of ether oxygens (including phenoxy) is 1. The number of quaternary nitrogens is 1. The lowest BCUT2D eigenvalue weighted by Gasteiger charge is -2.52. The lowest BCUT2D eigenvalue weighted by molar-refractivity contribution is -0.946. The van der Waals surface area contributed by atoms with E-state index >= 15 is 0 Å². The topological polar surface area (TPSA) is 46.5 Å². The van der Waals surface area contributed by atoms with E-state index in [4.69, 9.17) is 4.74 Å². The van der Waals surface area contributed by atoms with Gasteiger partial charge in [-0.25, -0.2) is 4.79 Å². The number of fused-ring (bicyclic) bond motifs is 6. The summed E-state index contributed by atoms with van der Waals surface area (Å²) in [6, 6.07) is 10.7. The Morgan fingerprint density at radius 2 is 1.55 bits per heavy atom. The Bertz CT molecular complexity index is 981. The molecule has 1 N–H and O–H groups in total. The van der Waals surface area contributed by atoms with E-state index in [0.717, 1.165) is 36.8 Å². The van der Waals surface area contributed by atoms with Gasteiger partial charge >= 0.3 is 5.97 Å². The highest BCUT2D eigenvalue weighted by molar-refractivity contribution is 5.82. The summed E-state index contributed by atoms with van der Waals surface area (Å²) in [6.45, 7) is 4.32. The lowest BCUT2D eigenvalue weighted by Crippen LogP contribution is -2.65. The average Bonchev–Trinajstić information content (AvgIpc) is 3.14. The van der Waals surface area contributed by atoms with E-state index in [2.05, 4.69) is 42.5 Å². The quantitative estimate of drug-likeness (QED) is 0.554. The molecule has 6 aliphatic rings. The minimum absolute atomic E-state index is 0.0940. The van der Waals surface area contributed by atoms with Crippen LogP contribution in [-0.4, -0.2) is 53.4 Å². The highest BCUT2D eigenvalue weighted by Crippen LogP contribution is 2.54. The molecule has 5 atom stereocenters. The number of piperidine rings is 3. The van der Waals surface area contributed by atoms with Crippen LogP contribution in [0.2, 0.25) is 0 Å². The number of carbonyl (C=O) groups is 1. The monoisotopic (exact) mass is 444 g/mol. The first kappa shape index (κ1) is 21.1. The van der Waals surface area contributed by atoms with Crippen LogP contribution in [0.4, 0.5) is 0 Å². The molecule has 0 aromatic heterocycles. The van der Waals surface area contributed by atoms with Crippen LogP contribution < -0.4 is 0 Å². The third-order valence-corrected chi connectivity index (χ3v) is 9.16. The van der Waals surface area contributed by atoms with Crippen LogP contribution in [0.5, 0.6) is 0 Å². The molecule has 0 amide bonds. The lowest BCUT2D eigenvalue weighted by atomic mass is 9.79. The largest absolute Gasteiger partial charge is 0.454 e. The molecule has 4 fully saturated rings. The van der Waals surface area contributed by atoms with Gasteiger partial charge in [0.05, 0.1) is 19.6 Å². The van der Waals surface area contributed by atoms with Crippen molar-refractivity contribution in [2.24, 2.45) is 29.6 Å². The molecule has 3 saturated heterocycles. The van der Waals surface area contributed by atoms with Gasteiger partial charge in [0, 0.05) is 37.0 Å². The summed E-state index contributed by atoms with van der Waals surface area (Å²) in [5.41, 5.74) is -0.128. The number of hydrogen-bond donors (Lipinski definition) is 1. The van der Waals surface area contributed by atoms with E-state index in [1.54, 1.807) is 0 Å². The van der Waals surface area contributed by atoms with Crippen molar-refractivity contribution in [3.63, 3.8) is 0 Å². The fourth-order valence-corrected chi connectivity index (χ4v) is 7.27. The maximum absolute atomic E-state index is 13.7. The second kappa shape index (κ2) is 8.11. The summed E-state index contributed by atoms with van der Waals surface area (Å²) in [5, 5.41) is 11.9. The molecule has 3 heterocycles. The normalized spacial score (nSPS) is 42.2. The van der Waals surface area contributed by atoms with Crippen molar-refractivity contribution in [2.45, 2.75) is 31.0 Å². The predicted molar refractivity (Wildman–Crippen MR) is 128 cm³/mol. The minimum Gasteiger partial charge on any atom is -0.454 e. The smallest absolute Gasteiger partial charge is 0.339 e. The van der Waals surface area contributed by atoms with Crippen molar-refractivity contribution < 1.29 is 19.1 Å². The van der Waals surface area contributed by atoms with Gasteiger partial charge in [-0.3, -0.25) is 0 Å². The van der Waals surface area contributed by atoms with Crippen LogP contribution in [0.25, 0.3) is 0 Å². The summed E-state index contributed by atoms with van der Waals surface area (Å²) >= 11 is 0. The molecule has 2 bridgehead atoms. The van der Waals surface area contributed by atoms with Crippen molar-refractivity contribution in [2.75, 3.05) is 26.2 Å². The van der Waals surface area contributed by atoms with E-state index in [1.165, 1.54) is 18.7 Å². The Hall–Kier alpha value is -2.43. The number of rotatable bonds is 5. The highest BCUT2D eigenvalue weighted by atomic mass is 16.6. The fourth-order valence-electron chi connectivity index (χ4n) is 7.27. The summed E-state index contributed by atoms with van der Waals surface area (Å²) in [6.07, 6.45) is 19.5. The van der Waals surface area contributed by atoms with Crippen LogP contribution in [0.3, 0.4) is 0 Å². The molecule has 3 aliphatic carbocycles. The van der Waals surface area contributed by atoms with Crippen molar-refractivity contribution in [3.8, 4) is 0 Å². The molecule has 33 heavy (non-hydrogen) atoms. The van der Waals surface area contributed by atoms with Crippen molar-refractivity contribution in [3.05, 3.63) is 84.5 Å². The van der Waals surface area contributed by atoms with Crippen molar-refractivity contribution in [1.29, 1.82) is 0 Å². The Morgan fingerprint density at radius 3 is 2.18 bits per heavy atom. The van der Waals surface area contributed by atoms with E-state index in [0.29, 0.717) is 5.92 Å². The summed E-state index contributed by atoms with van der Waals surface area (Å²) in [4.78, 5) is 13.7. The molecular weight excluding hydrogens is 410 g/mol. The first-order chi connectivity index (χ1) is 16.1. The van der Waals surface area contributed by atoms with Crippen molar-refractivity contribution >= 4 is 5.97 Å². The van der Waals surface area contributed by atoms with Crippen molar-refractivity contribution in [1.82, 2.24) is 0 Å². The standard InChI is InChI=1S/C29H34NO3/c31-28(29(32)25-12-6-4-10-23(25)24-11-5-7-13-26(24)29)33-27-20-30(18-15-22(27)16-19-30)17-14-21-8-2-1-3-9-21/h1-13,22-27,32H,14-20H2/q+1/t22?,23?,24?,25?,26?,27-,29?,30?/m0/s1. The minimum atomic E-state index is -1.50. The zero-order valence-corrected chi connectivity index (χ0v) is 19.1. The number of nitrogens with zero attached hydrogens (tertiary/aromatic N) is 1. The van der Waals surface area contributed by atoms with Gasteiger partial charge in [0.2, 0.25) is 0 Å². The number of hydrogen-bond acceptors (Lipinski definition) is 3. The Labute approximate surface area is 196 Å². The molecule has 172 valence electrons. The summed E-state index contributed by atoms with van der Waals surface area (Å²) < 4.78 is 7.30. The third kappa shape index (κ3) is 3.46. The second-order valence-electron chi connectivity index (χ2n) is 10.8. The number of esters is 1. The van der Waals surface area contributed by atoms with Crippen LogP contribution in [0.15, 0.2) is 78.9 Å². The molecule has 4 nitrogen and oxygen atoms in total. The van der Waals surface area contributed by atoms with Crippen LogP contribution >= 0.6 is 0 Å². The summed E-state index contributed by atoms with van der Waals surface area (Å²) in [5.74, 6) is -0.195. The maximum Gasteiger partial charge on any atom is 0.339 e. The van der Waals surface area contributed by atoms with Gasteiger partial charge in [-0.15, -0.1) is 0 Å². The zero-order chi connectivity index (χ0) is 22.5. The zero-order valence-electron chi connectivity index (χ0n) is 19.1. The van der Waals surface area contributed by atoms with Crippen LogP contribution in [0, 0.1) is 29.6 Å². The van der Waals surface area contributed by atoms with Gasteiger partial charge < -0.3 is 14.3 Å². The van der Waals surface area contributed by atoms with Gasteiger partial charge in [0.15, 0.2) is 11.7 Å². The third-order valence-electron chi connectivity index (χ3n) is 9.16. The number of carbonyl (C=O) groups excluding carboxylic acids is 1. The maximum atomic E-state index is 13.7. The summed E-state index contributed by atoms with van der Waals surface area (Å²) in [7, 11) is 0. The Kier molecular flexibility index (Phi) is 5.19. The molecule has 1 aromatic carbocycles. The van der Waals surface area contributed by atoms with E-state index in [9.17, 15) is 9.90 Å². The van der Waals surface area contributed by atoms with Crippen LogP contribution in [0.1, 0.15) is 18.4 Å². The molecule has 4 heteroatoms. The second-order valence-corrected chi connectivity index (χ2v) is 10.8. The van der Waals surface area contributed by atoms with Gasteiger partial charge in [-0.1, -0.05) is 78.9 Å². The molecule has 1 saturated carbocycles. The molecular formula is C29H34NO3+. The fraction of sp³-hybridized carbons (Fsp3) is 0.483. The van der Waals surface area contributed by atoms with E-state index in [1.807, 2.05) is 36.5 Å². The number of benzene rings is 1. The van der Waals surface area contributed by atoms with Gasteiger partial charge in [0.25, 0.3) is 0 Å².